The summed E-state index contributed by atoms with van der Waals surface area (Å²) in [6.45, 7) is 4.34. The van der Waals surface area contributed by atoms with Crippen LogP contribution in [0.3, 0.4) is 0 Å². The molecule has 0 amide bonds. The first-order valence-electron chi connectivity index (χ1n) is 5.18. The maximum absolute atomic E-state index is 10.8. The van der Waals surface area contributed by atoms with Crippen molar-refractivity contribution in [2.45, 2.75) is 19.8 Å². The van der Waals surface area contributed by atoms with Gasteiger partial charge in [-0.3, -0.25) is 4.79 Å². The molecular weight excluding hydrogens is 186 g/mol. The van der Waals surface area contributed by atoms with Crippen LogP contribution in [0.5, 0.6) is 0 Å². The zero-order valence-electron chi connectivity index (χ0n) is 9.32. The lowest BCUT2D eigenvalue weighted by Gasteiger charge is -2.05. The van der Waals surface area contributed by atoms with Crippen LogP contribution in [-0.2, 0) is 7.05 Å². The van der Waals surface area contributed by atoms with Gasteiger partial charge in [0, 0.05) is 18.0 Å². The number of fused-ring (bicyclic) bond motifs is 1. The van der Waals surface area contributed by atoms with Crippen LogP contribution in [0.2, 0.25) is 0 Å². The van der Waals surface area contributed by atoms with E-state index in [0.717, 1.165) is 22.9 Å². The lowest BCUT2D eigenvalue weighted by molar-refractivity contribution is 0.111. The Balaban J connectivity index is 2.68. The van der Waals surface area contributed by atoms with Gasteiger partial charge in [-0.05, 0) is 29.7 Å². The molecular formula is C13H15NO. The number of benzene rings is 1. The number of aryl methyl sites for hydroxylation is 1. The van der Waals surface area contributed by atoms with E-state index in [9.17, 15) is 4.79 Å². The highest BCUT2D eigenvalue weighted by atomic mass is 16.1. The Morgan fingerprint density at radius 3 is 2.60 bits per heavy atom. The summed E-state index contributed by atoms with van der Waals surface area (Å²) in [5.74, 6) is 0.522. The predicted octanol–water partition coefficient (Wildman–Crippen LogP) is 3.11. The molecule has 78 valence electrons. The van der Waals surface area contributed by atoms with Crippen molar-refractivity contribution in [3.8, 4) is 0 Å². The van der Waals surface area contributed by atoms with Crippen molar-refractivity contribution < 1.29 is 4.79 Å². The normalized spacial score (nSPS) is 11.2. The molecule has 0 saturated carbocycles. The predicted molar refractivity (Wildman–Crippen MR) is 62.4 cm³/mol. The molecule has 0 fully saturated rings. The number of hydrogen-bond donors (Lipinski definition) is 0. The Hall–Kier alpha value is -1.57. The molecule has 0 N–H and O–H groups in total. The third kappa shape index (κ3) is 1.56. The molecule has 2 nitrogen and oxygen atoms in total. The molecule has 2 heteroatoms. The van der Waals surface area contributed by atoms with Crippen molar-refractivity contribution in [3.05, 3.63) is 35.5 Å². The van der Waals surface area contributed by atoms with Crippen LogP contribution in [0.25, 0.3) is 10.9 Å². The standard InChI is InChI=1S/C13H15NO/c1-9(2)10-4-5-13-11(6-10)7-12(8-15)14(13)3/h4-9H,1-3H3. The van der Waals surface area contributed by atoms with Gasteiger partial charge in [-0.25, -0.2) is 0 Å². The highest BCUT2D eigenvalue weighted by Gasteiger charge is 2.06. The Morgan fingerprint density at radius 2 is 2.00 bits per heavy atom. The van der Waals surface area contributed by atoms with Crippen molar-refractivity contribution in [1.82, 2.24) is 4.57 Å². The second-order valence-electron chi connectivity index (χ2n) is 4.22. The van der Waals surface area contributed by atoms with E-state index in [1.807, 2.05) is 17.7 Å². The van der Waals surface area contributed by atoms with Crippen molar-refractivity contribution >= 4 is 17.2 Å². The number of hydrogen-bond acceptors (Lipinski definition) is 1. The van der Waals surface area contributed by atoms with Gasteiger partial charge in [-0.2, -0.15) is 0 Å². The highest BCUT2D eigenvalue weighted by Crippen LogP contribution is 2.23. The molecule has 0 atom stereocenters. The largest absolute Gasteiger partial charge is 0.341 e. The van der Waals surface area contributed by atoms with E-state index in [1.165, 1.54) is 5.56 Å². The quantitative estimate of drug-likeness (QED) is 0.684. The second-order valence-corrected chi connectivity index (χ2v) is 4.22. The van der Waals surface area contributed by atoms with Crippen molar-refractivity contribution in [1.29, 1.82) is 0 Å². The van der Waals surface area contributed by atoms with Gasteiger partial charge in [-0.15, -0.1) is 0 Å². The minimum atomic E-state index is 0.522. The Labute approximate surface area is 89.5 Å². The number of rotatable bonds is 2. The zero-order chi connectivity index (χ0) is 11.0. The molecule has 0 aliphatic heterocycles. The lowest BCUT2D eigenvalue weighted by atomic mass is 10.0. The summed E-state index contributed by atoms with van der Waals surface area (Å²) in [5, 5.41) is 1.14. The summed E-state index contributed by atoms with van der Waals surface area (Å²) in [6.07, 6.45) is 0.898. The van der Waals surface area contributed by atoms with E-state index in [0.29, 0.717) is 5.92 Å². The Morgan fingerprint density at radius 1 is 1.27 bits per heavy atom. The monoisotopic (exact) mass is 201 g/mol. The fourth-order valence-electron chi connectivity index (χ4n) is 1.86. The first-order chi connectivity index (χ1) is 7.13. The molecule has 0 aliphatic carbocycles. The summed E-state index contributed by atoms with van der Waals surface area (Å²) >= 11 is 0. The van der Waals surface area contributed by atoms with Crippen molar-refractivity contribution in [2.24, 2.45) is 7.05 Å². The van der Waals surface area contributed by atoms with Crippen LogP contribution >= 0.6 is 0 Å². The summed E-state index contributed by atoms with van der Waals surface area (Å²) in [6, 6.07) is 8.31. The summed E-state index contributed by atoms with van der Waals surface area (Å²) < 4.78 is 1.92. The van der Waals surface area contributed by atoms with E-state index < -0.39 is 0 Å². The first-order valence-corrected chi connectivity index (χ1v) is 5.18. The van der Waals surface area contributed by atoms with E-state index in [1.54, 1.807) is 0 Å². The molecule has 0 spiro atoms. The summed E-state index contributed by atoms with van der Waals surface area (Å²) in [7, 11) is 1.92. The Bertz CT molecular complexity index is 508. The molecule has 2 aromatic rings. The highest BCUT2D eigenvalue weighted by molar-refractivity contribution is 5.89. The fraction of sp³-hybridized carbons (Fsp3) is 0.308. The van der Waals surface area contributed by atoms with E-state index in [2.05, 4.69) is 32.0 Å². The molecule has 15 heavy (non-hydrogen) atoms. The first kappa shape index (κ1) is 9.97. The van der Waals surface area contributed by atoms with Gasteiger partial charge in [0.2, 0.25) is 0 Å². The third-order valence-electron chi connectivity index (χ3n) is 2.89. The van der Waals surface area contributed by atoms with Gasteiger partial charge >= 0.3 is 0 Å². The third-order valence-corrected chi connectivity index (χ3v) is 2.89. The SMILES string of the molecule is CC(C)c1ccc2c(c1)cc(C=O)n2C. The number of aldehydes is 1. The molecule has 0 aliphatic rings. The van der Waals surface area contributed by atoms with Crippen LogP contribution in [-0.4, -0.2) is 10.9 Å². The van der Waals surface area contributed by atoms with Crippen LogP contribution < -0.4 is 0 Å². The molecule has 2 rings (SSSR count). The fourth-order valence-corrected chi connectivity index (χ4v) is 1.86. The van der Waals surface area contributed by atoms with Gasteiger partial charge in [-0.1, -0.05) is 19.9 Å². The zero-order valence-corrected chi connectivity index (χ0v) is 9.32. The van der Waals surface area contributed by atoms with Crippen LogP contribution in [0.15, 0.2) is 24.3 Å². The number of carbonyl (C=O) groups excluding carboxylic acids is 1. The average Bonchev–Trinajstić information content (AvgIpc) is 2.55. The van der Waals surface area contributed by atoms with Gasteiger partial charge in [0.25, 0.3) is 0 Å². The van der Waals surface area contributed by atoms with Crippen LogP contribution in [0.4, 0.5) is 0 Å². The summed E-state index contributed by atoms with van der Waals surface area (Å²) in [4.78, 5) is 10.8. The number of nitrogens with zero attached hydrogens (tertiary/aromatic N) is 1. The average molecular weight is 201 g/mol. The molecule has 0 radical (unpaired) electrons. The van der Waals surface area contributed by atoms with Crippen molar-refractivity contribution in [2.75, 3.05) is 0 Å². The number of aromatic nitrogens is 1. The van der Waals surface area contributed by atoms with Crippen LogP contribution in [0, 0.1) is 0 Å². The maximum atomic E-state index is 10.8. The minimum absolute atomic E-state index is 0.522. The minimum Gasteiger partial charge on any atom is -0.341 e. The molecule has 1 aromatic heterocycles. The Kier molecular flexibility index (Phi) is 2.35. The second kappa shape index (κ2) is 3.54. The molecule has 1 heterocycles. The van der Waals surface area contributed by atoms with E-state index >= 15 is 0 Å². The van der Waals surface area contributed by atoms with Gasteiger partial charge < -0.3 is 4.57 Å². The van der Waals surface area contributed by atoms with Gasteiger partial charge in [0.15, 0.2) is 6.29 Å². The van der Waals surface area contributed by atoms with Gasteiger partial charge in [0.05, 0.1) is 5.69 Å². The lowest BCUT2D eigenvalue weighted by Crippen LogP contribution is -1.93. The molecule has 0 saturated heterocycles. The van der Waals surface area contributed by atoms with Gasteiger partial charge in [0.1, 0.15) is 0 Å². The maximum Gasteiger partial charge on any atom is 0.166 e. The van der Waals surface area contributed by atoms with Crippen LogP contribution in [0.1, 0.15) is 35.8 Å². The topological polar surface area (TPSA) is 22.0 Å². The number of carbonyl (C=O) groups is 1. The summed E-state index contributed by atoms with van der Waals surface area (Å²) in [5.41, 5.74) is 3.15. The van der Waals surface area contributed by atoms with E-state index in [4.69, 9.17) is 0 Å². The van der Waals surface area contributed by atoms with E-state index in [-0.39, 0.29) is 0 Å². The molecule has 0 bridgehead atoms. The smallest absolute Gasteiger partial charge is 0.166 e. The molecule has 0 unspecified atom stereocenters. The van der Waals surface area contributed by atoms with Crippen molar-refractivity contribution in [3.63, 3.8) is 0 Å². The molecule has 1 aromatic carbocycles.